The second-order valence-corrected chi connectivity index (χ2v) is 6.15. The number of rotatable bonds is 6. The highest BCUT2D eigenvalue weighted by Gasteiger charge is 2.41. The molecule has 0 aromatic carbocycles. The molecule has 2 heteroatoms. The van der Waals surface area contributed by atoms with Crippen LogP contribution < -0.4 is 5.32 Å². The molecular weight excluding hydrogens is 198 g/mol. The minimum Gasteiger partial charge on any atom is -0.377 e. The Bertz CT molecular complexity index is 201. The first-order valence-electron chi connectivity index (χ1n) is 6.82. The summed E-state index contributed by atoms with van der Waals surface area (Å²) < 4.78 is 6.05. The van der Waals surface area contributed by atoms with Crippen LogP contribution in [-0.4, -0.2) is 25.3 Å². The molecule has 0 bridgehead atoms. The fourth-order valence-electron chi connectivity index (χ4n) is 2.60. The minimum atomic E-state index is 0.387. The molecule has 2 atom stereocenters. The van der Waals surface area contributed by atoms with Crippen LogP contribution in [0.1, 0.15) is 53.9 Å². The average molecular weight is 227 g/mol. The van der Waals surface area contributed by atoms with Gasteiger partial charge in [-0.2, -0.15) is 0 Å². The Kier molecular flexibility index (Phi) is 5.26. The fraction of sp³-hybridized carbons (Fsp3) is 1.00. The average Bonchev–Trinajstić information content (AvgIpc) is 2.45. The maximum Gasteiger partial charge on any atom is 0.0733 e. The zero-order valence-corrected chi connectivity index (χ0v) is 11.7. The van der Waals surface area contributed by atoms with E-state index in [0.717, 1.165) is 19.1 Å². The van der Waals surface area contributed by atoms with Crippen LogP contribution in [0.15, 0.2) is 0 Å². The third-order valence-corrected chi connectivity index (χ3v) is 3.74. The quantitative estimate of drug-likeness (QED) is 0.752. The standard InChI is InChI=1S/C14H29NO/c1-6-15-13-12(7-9-14(13,4)5)16-10-8-11(2)3/h11-13,15H,6-10H2,1-5H3. The summed E-state index contributed by atoms with van der Waals surface area (Å²) in [7, 11) is 0. The molecule has 0 saturated heterocycles. The van der Waals surface area contributed by atoms with E-state index >= 15 is 0 Å². The van der Waals surface area contributed by atoms with E-state index in [1.54, 1.807) is 0 Å². The predicted molar refractivity (Wildman–Crippen MR) is 69.7 cm³/mol. The number of likely N-dealkylation sites (N-methyl/N-ethyl adjacent to an activating group) is 1. The van der Waals surface area contributed by atoms with E-state index in [4.69, 9.17) is 4.74 Å². The number of hydrogen-bond acceptors (Lipinski definition) is 2. The molecule has 0 radical (unpaired) electrons. The van der Waals surface area contributed by atoms with Gasteiger partial charge >= 0.3 is 0 Å². The molecule has 0 aromatic heterocycles. The van der Waals surface area contributed by atoms with Crippen LogP contribution in [0, 0.1) is 11.3 Å². The van der Waals surface area contributed by atoms with Crippen LogP contribution in [0.5, 0.6) is 0 Å². The van der Waals surface area contributed by atoms with Crippen molar-refractivity contribution in [2.24, 2.45) is 11.3 Å². The minimum absolute atomic E-state index is 0.387. The molecule has 0 aromatic rings. The van der Waals surface area contributed by atoms with E-state index in [1.165, 1.54) is 19.3 Å². The Morgan fingerprint density at radius 2 is 2.06 bits per heavy atom. The van der Waals surface area contributed by atoms with E-state index < -0.39 is 0 Å². The van der Waals surface area contributed by atoms with Gasteiger partial charge in [-0.05, 0) is 37.1 Å². The van der Waals surface area contributed by atoms with Gasteiger partial charge in [-0.3, -0.25) is 0 Å². The van der Waals surface area contributed by atoms with Crippen molar-refractivity contribution < 1.29 is 4.74 Å². The van der Waals surface area contributed by atoms with Crippen molar-refractivity contribution in [2.75, 3.05) is 13.2 Å². The maximum absolute atomic E-state index is 6.05. The highest BCUT2D eigenvalue weighted by molar-refractivity contribution is 4.97. The lowest BCUT2D eigenvalue weighted by Gasteiger charge is -2.31. The smallest absolute Gasteiger partial charge is 0.0733 e. The zero-order valence-electron chi connectivity index (χ0n) is 11.7. The summed E-state index contributed by atoms with van der Waals surface area (Å²) in [6.45, 7) is 13.4. The first kappa shape index (κ1) is 14.0. The van der Waals surface area contributed by atoms with Crippen molar-refractivity contribution in [2.45, 2.75) is 66.0 Å². The largest absolute Gasteiger partial charge is 0.377 e. The van der Waals surface area contributed by atoms with Crippen LogP contribution in [0.4, 0.5) is 0 Å². The molecule has 2 nitrogen and oxygen atoms in total. The van der Waals surface area contributed by atoms with Crippen LogP contribution in [-0.2, 0) is 4.74 Å². The summed E-state index contributed by atoms with van der Waals surface area (Å²) >= 11 is 0. The van der Waals surface area contributed by atoms with Gasteiger partial charge in [0.2, 0.25) is 0 Å². The van der Waals surface area contributed by atoms with Crippen molar-refractivity contribution in [1.29, 1.82) is 0 Å². The highest BCUT2D eigenvalue weighted by atomic mass is 16.5. The van der Waals surface area contributed by atoms with E-state index in [2.05, 4.69) is 39.9 Å². The molecular formula is C14H29NO. The zero-order chi connectivity index (χ0) is 12.2. The molecule has 1 rings (SSSR count). The number of nitrogens with one attached hydrogen (secondary N) is 1. The molecule has 0 aliphatic heterocycles. The summed E-state index contributed by atoms with van der Waals surface area (Å²) in [5, 5.41) is 3.60. The molecule has 96 valence electrons. The summed E-state index contributed by atoms with van der Waals surface area (Å²) in [6, 6.07) is 0.532. The predicted octanol–water partition coefficient (Wildman–Crippen LogP) is 3.22. The Morgan fingerprint density at radius 3 is 2.62 bits per heavy atom. The molecule has 1 aliphatic rings. The van der Waals surface area contributed by atoms with Gasteiger partial charge in [0.25, 0.3) is 0 Å². The van der Waals surface area contributed by atoms with Crippen LogP contribution in [0.3, 0.4) is 0 Å². The first-order valence-corrected chi connectivity index (χ1v) is 6.82. The fourth-order valence-corrected chi connectivity index (χ4v) is 2.60. The van der Waals surface area contributed by atoms with Crippen molar-refractivity contribution >= 4 is 0 Å². The third kappa shape index (κ3) is 3.74. The van der Waals surface area contributed by atoms with Gasteiger partial charge in [-0.15, -0.1) is 0 Å². The molecule has 2 unspecified atom stereocenters. The number of hydrogen-bond donors (Lipinski definition) is 1. The van der Waals surface area contributed by atoms with Gasteiger partial charge < -0.3 is 10.1 Å². The Labute approximate surface area is 101 Å². The van der Waals surface area contributed by atoms with Gasteiger partial charge in [-0.25, -0.2) is 0 Å². The lowest BCUT2D eigenvalue weighted by atomic mass is 9.87. The summed E-state index contributed by atoms with van der Waals surface area (Å²) in [5.74, 6) is 0.743. The molecule has 1 saturated carbocycles. The molecule has 0 spiro atoms. The van der Waals surface area contributed by atoms with Crippen LogP contribution in [0.2, 0.25) is 0 Å². The Balaban J connectivity index is 2.40. The van der Waals surface area contributed by atoms with Crippen LogP contribution >= 0.6 is 0 Å². The number of ether oxygens (including phenoxy) is 1. The molecule has 1 fully saturated rings. The molecule has 0 amide bonds. The third-order valence-electron chi connectivity index (χ3n) is 3.74. The van der Waals surface area contributed by atoms with Crippen molar-refractivity contribution in [3.63, 3.8) is 0 Å². The molecule has 0 heterocycles. The molecule has 16 heavy (non-hydrogen) atoms. The van der Waals surface area contributed by atoms with Gasteiger partial charge in [-0.1, -0.05) is 34.6 Å². The lowest BCUT2D eigenvalue weighted by molar-refractivity contribution is 0.0219. The summed E-state index contributed by atoms with van der Waals surface area (Å²) in [5.41, 5.74) is 0.387. The second kappa shape index (κ2) is 6.02. The highest BCUT2D eigenvalue weighted by Crippen LogP contribution is 2.39. The van der Waals surface area contributed by atoms with Crippen LogP contribution in [0.25, 0.3) is 0 Å². The Hall–Kier alpha value is -0.0800. The van der Waals surface area contributed by atoms with Gasteiger partial charge in [0.15, 0.2) is 0 Å². The van der Waals surface area contributed by atoms with E-state index in [0.29, 0.717) is 17.6 Å². The Morgan fingerprint density at radius 1 is 1.38 bits per heavy atom. The van der Waals surface area contributed by atoms with E-state index in [-0.39, 0.29) is 0 Å². The van der Waals surface area contributed by atoms with Crippen molar-refractivity contribution in [3.8, 4) is 0 Å². The molecule has 1 N–H and O–H groups in total. The van der Waals surface area contributed by atoms with Gasteiger partial charge in [0, 0.05) is 12.6 Å². The van der Waals surface area contributed by atoms with E-state index in [9.17, 15) is 0 Å². The molecule has 1 aliphatic carbocycles. The lowest BCUT2D eigenvalue weighted by Crippen LogP contribution is -2.45. The van der Waals surface area contributed by atoms with Crippen molar-refractivity contribution in [1.82, 2.24) is 5.32 Å². The van der Waals surface area contributed by atoms with Crippen molar-refractivity contribution in [3.05, 3.63) is 0 Å². The monoisotopic (exact) mass is 227 g/mol. The van der Waals surface area contributed by atoms with E-state index in [1.807, 2.05) is 0 Å². The summed E-state index contributed by atoms with van der Waals surface area (Å²) in [6.07, 6.45) is 4.09. The maximum atomic E-state index is 6.05. The summed E-state index contributed by atoms with van der Waals surface area (Å²) in [4.78, 5) is 0. The second-order valence-electron chi connectivity index (χ2n) is 6.15. The first-order chi connectivity index (χ1) is 7.47. The SMILES string of the molecule is CCNC1C(OCCC(C)C)CCC1(C)C. The van der Waals surface area contributed by atoms with Gasteiger partial charge in [0.1, 0.15) is 0 Å². The van der Waals surface area contributed by atoms with Gasteiger partial charge in [0.05, 0.1) is 6.10 Å². The normalized spacial score (nSPS) is 28.9. The topological polar surface area (TPSA) is 21.3 Å².